The molecule has 2 heterocycles. The molecule has 0 aromatic heterocycles. The second-order valence-corrected chi connectivity index (χ2v) is 4.85. The van der Waals surface area contributed by atoms with Gasteiger partial charge in [0.1, 0.15) is 5.75 Å². The molecule has 2 aliphatic heterocycles. The Morgan fingerprint density at radius 3 is 2.61 bits per heavy atom. The lowest BCUT2D eigenvalue weighted by Crippen LogP contribution is -2.34. The van der Waals surface area contributed by atoms with Crippen LogP contribution in [0.2, 0.25) is 0 Å². The van der Waals surface area contributed by atoms with E-state index < -0.39 is 18.5 Å². The second kappa shape index (κ2) is 4.51. The van der Waals surface area contributed by atoms with E-state index in [1.165, 1.54) is 0 Å². The molecule has 0 spiro atoms. The molecular weight excluding hydrogens is 234 g/mol. The standard InChI is InChI=1S/C13H17NO4/c1-8-12(15)13(16)10-7-11(18-14(8)10)17-9-5-3-2-4-6-9/h2-6,8,10-13,15-16H,7H2,1H3/t8-,10-,11-,12+,13-/m0/s1. The molecule has 0 bridgehead atoms. The van der Waals surface area contributed by atoms with E-state index in [4.69, 9.17) is 9.57 Å². The van der Waals surface area contributed by atoms with Gasteiger partial charge in [0, 0.05) is 6.42 Å². The summed E-state index contributed by atoms with van der Waals surface area (Å²) >= 11 is 0. The highest BCUT2D eigenvalue weighted by atomic mass is 16.8. The molecule has 0 unspecified atom stereocenters. The topological polar surface area (TPSA) is 62.2 Å². The Kier molecular flexibility index (Phi) is 2.99. The molecule has 0 aliphatic carbocycles. The largest absolute Gasteiger partial charge is 0.463 e. The van der Waals surface area contributed by atoms with Crippen LogP contribution in [0.5, 0.6) is 5.75 Å². The maximum Gasteiger partial charge on any atom is 0.219 e. The number of hydroxylamine groups is 2. The van der Waals surface area contributed by atoms with Crippen molar-refractivity contribution in [2.45, 2.75) is 43.9 Å². The van der Waals surface area contributed by atoms with Crippen LogP contribution in [0, 0.1) is 0 Å². The first-order chi connectivity index (χ1) is 8.66. The highest BCUT2D eigenvalue weighted by molar-refractivity contribution is 5.21. The van der Waals surface area contributed by atoms with Crippen molar-refractivity contribution in [3.63, 3.8) is 0 Å². The van der Waals surface area contributed by atoms with Crippen molar-refractivity contribution in [3.05, 3.63) is 30.3 Å². The summed E-state index contributed by atoms with van der Waals surface area (Å²) in [4.78, 5) is 5.63. The SMILES string of the molecule is C[C@H]1[C@@H](O)[C@@H](O)[C@@H]2C[C@@H](Oc3ccccc3)ON12. The smallest absolute Gasteiger partial charge is 0.219 e. The minimum absolute atomic E-state index is 0.191. The van der Waals surface area contributed by atoms with Crippen molar-refractivity contribution in [1.29, 1.82) is 0 Å². The molecule has 3 rings (SSSR count). The fraction of sp³-hybridized carbons (Fsp3) is 0.538. The third-order valence-corrected chi connectivity index (χ3v) is 3.65. The van der Waals surface area contributed by atoms with Crippen LogP contribution < -0.4 is 4.74 Å². The highest BCUT2D eigenvalue weighted by Crippen LogP contribution is 2.35. The van der Waals surface area contributed by atoms with Crippen molar-refractivity contribution in [2.24, 2.45) is 0 Å². The maximum absolute atomic E-state index is 9.89. The van der Waals surface area contributed by atoms with Gasteiger partial charge >= 0.3 is 0 Å². The fourth-order valence-corrected chi connectivity index (χ4v) is 2.63. The first-order valence-corrected chi connectivity index (χ1v) is 6.20. The van der Waals surface area contributed by atoms with E-state index >= 15 is 0 Å². The Bertz CT molecular complexity index is 395. The normalized spacial score (nSPS) is 39.8. The number of hydrogen-bond acceptors (Lipinski definition) is 5. The number of hydrogen-bond donors (Lipinski definition) is 2. The number of nitrogens with zero attached hydrogens (tertiary/aromatic N) is 1. The van der Waals surface area contributed by atoms with Crippen molar-refractivity contribution in [1.82, 2.24) is 5.06 Å². The minimum atomic E-state index is -0.774. The first kappa shape index (κ1) is 11.9. The molecule has 98 valence electrons. The van der Waals surface area contributed by atoms with Crippen LogP contribution in [0.15, 0.2) is 30.3 Å². The van der Waals surface area contributed by atoms with E-state index in [1.54, 1.807) is 5.06 Å². The van der Waals surface area contributed by atoms with Crippen LogP contribution in [0.25, 0.3) is 0 Å². The van der Waals surface area contributed by atoms with Crippen LogP contribution in [0.1, 0.15) is 13.3 Å². The van der Waals surface area contributed by atoms with Crippen LogP contribution >= 0.6 is 0 Å². The number of para-hydroxylation sites is 1. The molecule has 2 saturated heterocycles. The van der Waals surface area contributed by atoms with E-state index in [0.29, 0.717) is 6.42 Å². The van der Waals surface area contributed by atoms with E-state index in [1.807, 2.05) is 37.3 Å². The van der Waals surface area contributed by atoms with Gasteiger partial charge in [0.25, 0.3) is 0 Å². The van der Waals surface area contributed by atoms with Crippen LogP contribution in [0.3, 0.4) is 0 Å². The molecule has 2 N–H and O–H groups in total. The van der Waals surface area contributed by atoms with Gasteiger partial charge in [-0.2, -0.15) is 5.06 Å². The van der Waals surface area contributed by atoms with Crippen molar-refractivity contribution in [2.75, 3.05) is 0 Å². The Morgan fingerprint density at radius 1 is 1.22 bits per heavy atom. The molecule has 0 amide bonds. The Balaban J connectivity index is 1.67. The quantitative estimate of drug-likeness (QED) is 0.802. The Hall–Kier alpha value is -1.14. The van der Waals surface area contributed by atoms with Crippen LogP contribution in [-0.4, -0.2) is 45.9 Å². The predicted molar refractivity (Wildman–Crippen MR) is 63.7 cm³/mol. The zero-order chi connectivity index (χ0) is 12.7. The fourth-order valence-electron chi connectivity index (χ4n) is 2.63. The second-order valence-electron chi connectivity index (χ2n) is 4.85. The molecule has 18 heavy (non-hydrogen) atoms. The predicted octanol–water partition coefficient (Wildman–Crippen LogP) is 0.521. The lowest BCUT2D eigenvalue weighted by molar-refractivity contribution is -0.224. The molecule has 5 heteroatoms. The first-order valence-electron chi connectivity index (χ1n) is 6.20. The number of aliphatic hydroxyl groups excluding tert-OH is 2. The van der Waals surface area contributed by atoms with Gasteiger partial charge in [-0.25, -0.2) is 0 Å². The maximum atomic E-state index is 9.89. The summed E-state index contributed by atoms with van der Waals surface area (Å²) in [7, 11) is 0. The number of fused-ring (bicyclic) bond motifs is 1. The summed E-state index contributed by atoms with van der Waals surface area (Å²) in [6.45, 7) is 1.83. The molecule has 5 atom stereocenters. The molecule has 0 radical (unpaired) electrons. The number of benzene rings is 1. The zero-order valence-electron chi connectivity index (χ0n) is 10.1. The van der Waals surface area contributed by atoms with Gasteiger partial charge in [0.05, 0.1) is 24.3 Å². The minimum Gasteiger partial charge on any atom is -0.463 e. The van der Waals surface area contributed by atoms with E-state index in [9.17, 15) is 10.2 Å². The zero-order valence-corrected chi connectivity index (χ0v) is 10.1. The third-order valence-electron chi connectivity index (χ3n) is 3.65. The van der Waals surface area contributed by atoms with Gasteiger partial charge in [-0.1, -0.05) is 18.2 Å². The lowest BCUT2D eigenvalue weighted by atomic mass is 10.1. The summed E-state index contributed by atoms with van der Waals surface area (Å²) in [6, 6.07) is 9.03. The molecular formula is C13H17NO4. The van der Waals surface area contributed by atoms with Gasteiger partial charge < -0.3 is 14.9 Å². The average molecular weight is 251 g/mol. The lowest BCUT2D eigenvalue weighted by Gasteiger charge is -2.21. The number of rotatable bonds is 2. The molecule has 2 aliphatic rings. The number of ether oxygens (including phenoxy) is 1. The van der Waals surface area contributed by atoms with Gasteiger partial charge in [-0.15, -0.1) is 0 Å². The van der Waals surface area contributed by atoms with Gasteiger partial charge in [0.2, 0.25) is 6.29 Å². The Morgan fingerprint density at radius 2 is 1.94 bits per heavy atom. The molecule has 0 saturated carbocycles. The van der Waals surface area contributed by atoms with Gasteiger partial charge in [-0.3, -0.25) is 4.84 Å². The van der Waals surface area contributed by atoms with Crippen molar-refractivity contribution >= 4 is 0 Å². The number of aliphatic hydroxyl groups is 2. The van der Waals surface area contributed by atoms with Crippen LogP contribution in [-0.2, 0) is 4.84 Å². The summed E-state index contributed by atoms with van der Waals surface area (Å²) in [5.41, 5.74) is 0. The molecule has 2 fully saturated rings. The van der Waals surface area contributed by atoms with Gasteiger partial charge in [0.15, 0.2) is 0 Å². The van der Waals surface area contributed by atoms with Gasteiger partial charge in [-0.05, 0) is 19.1 Å². The average Bonchev–Trinajstić information content (AvgIpc) is 2.88. The summed E-state index contributed by atoms with van der Waals surface area (Å²) in [5, 5.41) is 21.3. The Labute approximate surface area is 106 Å². The van der Waals surface area contributed by atoms with E-state index in [-0.39, 0.29) is 12.1 Å². The van der Waals surface area contributed by atoms with E-state index in [2.05, 4.69) is 0 Å². The van der Waals surface area contributed by atoms with Crippen LogP contribution in [0.4, 0.5) is 0 Å². The van der Waals surface area contributed by atoms with Crippen molar-refractivity contribution in [3.8, 4) is 5.75 Å². The summed E-state index contributed by atoms with van der Waals surface area (Å²) in [6.07, 6.45) is -1.38. The van der Waals surface area contributed by atoms with Crippen molar-refractivity contribution < 1.29 is 19.8 Å². The summed E-state index contributed by atoms with van der Waals surface area (Å²) in [5.74, 6) is 0.742. The molecule has 1 aromatic rings. The van der Waals surface area contributed by atoms with E-state index in [0.717, 1.165) is 5.75 Å². The molecule has 1 aromatic carbocycles. The molecule has 5 nitrogen and oxygen atoms in total. The highest BCUT2D eigenvalue weighted by Gasteiger charge is 2.52. The summed E-state index contributed by atoms with van der Waals surface area (Å²) < 4.78 is 5.69. The third kappa shape index (κ3) is 1.89. The monoisotopic (exact) mass is 251 g/mol.